The average Bonchev–Trinajstić information content (AvgIpc) is 3.54. The zero-order valence-electron chi connectivity index (χ0n) is 30.4. The van der Waals surface area contributed by atoms with Crippen molar-refractivity contribution in [2.24, 2.45) is 5.92 Å². The molecule has 3 aromatic heterocycles. The average molecular weight is 881 g/mol. The molecule has 0 amide bonds. The number of hydrogen-bond donors (Lipinski definition) is 0. The first-order chi connectivity index (χ1) is 24.7. The van der Waals surface area contributed by atoms with Crippen LogP contribution in [0, 0.1) is 23.9 Å². The van der Waals surface area contributed by atoms with Crippen LogP contribution >= 0.6 is 0 Å². The summed E-state index contributed by atoms with van der Waals surface area (Å²) < 4.78 is 19.4. The van der Waals surface area contributed by atoms with Gasteiger partial charge in [0.25, 0.3) is 0 Å². The summed E-state index contributed by atoms with van der Waals surface area (Å²) in [6.07, 6.45) is 12.0. The van der Waals surface area contributed by atoms with Crippen LogP contribution in [0.3, 0.4) is 0 Å². The van der Waals surface area contributed by atoms with Crippen LogP contribution in [-0.2, 0) is 26.5 Å². The van der Waals surface area contributed by atoms with E-state index in [1.807, 2.05) is 36.7 Å². The SMILES string of the molecule is CC(c1ccccc1)c1cc(-c2[c-]cc(F)cc2)ncc1[Si](C)(C)C.[Ir].[c-]1ccc2c(oc3ccccc32)c1-c1cc(CC2CCCCC2)ccn1. The van der Waals surface area contributed by atoms with Crippen molar-refractivity contribution >= 4 is 35.2 Å². The molecule has 7 aromatic rings. The zero-order valence-corrected chi connectivity index (χ0v) is 33.8. The molecule has 6 heteroatoms. The molecule has 0 bridgehead atoms. The Hall–Kier alpha value is -4.22. The van der Waals surface area contributed by atoms with Crippen LogP contribution in [0.25, 0.3) is 44.5 Å². The number of nitrogens with zero attached hydrogens (tertiary/aromatic N) is 2. The van der Waals surface area contributed by atoms with Gasteiger partial charge >= 0.3 is 0 Å². The summed E-state index contributed by atoms with van der Waals surface area (Å²) in [5.41, 5.74) is 9.38. The van der Waals surface area contributed by atoms with Crippen molar-refractivity contribution in [3.8, 4) is 22.5 Å². The molecule has 0 saturated heterocycles. The molecule has 52 heavy (non-hydrogen) atoms. The Balaban J connectivity index is 0.000000175. The van der Waals surface area contributed by atoms with Crippen LogP contribution in [0.4, 0.5) is 4.39 Å². The van der Waals surface area contributed by atoms with Gasteiger partial charge in [-0.3, -0.25) is 4.39 Å². The van der Waals surface area contributed by atoms with E-state index in [-0.39, 0.29) is 31.8 Å². The number of hydrogen-bond acceptors (Lipinski definition) is 3. The minimum atomic E-state index is -1.54. The van der Waals surface area contributed by atoms with Crippen LogP contribution in [-0.4, -0.2) is 18.0 Å². The summed E-state index contributed by atoms with van der Waals surface area (Å²) in [5, 5.41) is 3.65. The van der Waals surface area contributed by atoms with Gasteiger partial charge < -0.3 is 14.4 Å². The smallest absolute Gasteiger partial charge is 0.120 e. The number of furan rings is 1. The molecule has 1 saturated carbocycles. The molecule has 3 heterocycles. The quantitative estimate of drug-likeness (QED) is 0.118. The Morgan fingerprint density at radius 2 is 1.60 bits per heavy atom. The molecule has 1 radical (unpaired) electrons. The Labute approximate surface area is 322 Å². The minimum absolute atomic E-state index is 0. The molecule has 0 N–H and O–H groups in total. The van der Waals surface area contributed by atoms with E-state index in [0.717, 1.165) is 56.8 Å². The molecule has 267 valence electrons. The fourth-order valence-corrected chi connectivity index (χ4v) is 9.04. The molecular weight excluding hydrogens is 836 g/mol. The molecule has 1 unspecified atom stereocenters. The molecule has 1 aliphatic carbocycles. The zero-order chi connectivity index (χ0) is 35.4. The van der Waals surface area contributed by atoms with Crippen molar-refractivity contribution in [3.63, 3.8) is 0 Å². The molecule has 8 rings (SSSR count). The first-order valence-electron chi connectivity index (χ1n) is 18.2. The van der Waals surface area contributed by atoms with E-state index in [0.29, 0.717) is 0 Å². The second-order valence-corrected chi connectivity index (χ2v) is 19.9. The number of benzene rings is 4. The maximum Gasteiger partial charge on any atom is 0.120 e. The van der Waals surface area contributed by atoms with E-state index in [1.165, 1.54) is 66.1 Å². The summed E-state index contributed by atoms with van der Waals surface area (Å²) >= 11 is 0. The fraction of sp³-hybridized carbons (Fsp3) is 0.261. The maximum absolute atomic E-state index is 13.2. The standard InChI is InChI=1S/C24H22NO.C22H23FNSi.Ir/c1-2-7-17(8-3-1)15-18-13-14-25-22(16-18)21-11-6-10-20-19-9-4-5-12-23(19)26-24(20)21;1-16(17-8-6-5-7-9-17)20-14-21(18-10-12-19(23)13-11-18)24-15-22(20)25(2,3)4;/h4-6,9-10,12-14,16-17H,1-3,7-8,15H2;5-10,12-16H,1-4H3;/q2*-1;. The normalized spacial score (nSPS) is 14.0. The summed E-state index contributed by atoms with van der Waals surface area (Å²) in [6.45, 7) is 9.27. The number of aromatic nitrogens is 2. The molecule has 1 atom stereocenters. The van der Waals surface area contributed by atoms with E-state index in [1.54, 1.807) is 6.07 Å². The van der Waals surface area contributed by atoms with Gasteiger partial charge in [-0.05, 0) is 52.2 Å². The minimum Gasteiger partial charge on any atom is -0.501 e. The largest absolute Gasteiger partial charge is 0.501 e. The van der Waals surface area contributed by atoms with Gasteiger partial charge in [0.1, 0.15) is 5.58 Å². The van der Waals surface area contributed by atoms with Gasteiger partial charge in [-0.1, -0.05) is 136 Å². The van der Waals surface area contributed by atoms with Crippen molar-refractivity contribution < 1.29 is 28.9 Å². The van der Waals surface area contributed by atoms with Crippen molar-refractivity contribution in [2.45, 2.75) is 71.0 Å². The first-order valence-corrected chi connectivity index (χ1v) is 21.7. The van der Waals surface area contributed by atoms with Gasteiger partial charge in [-0.25, -0.2) is 0 Å². The van der Waals surface area contributed by atoms with Crippen LogP contribution in [0.2, 0.25) is 19.6 Å². The third-order valence-electron chi connectivity index (χ3n) is 10.2. The van der Waals surface area contributed by atoms with E-state index < -0.39 is 8.07 Å². The number of halogens is 1. The third kappa shape index (κ3) is 8.52. The van der Waals surface area contributed by atoms with Crippen molar-refractivity contribution in [1.82, 2.24) is 9.97 Å². The summed E-state index contributed by atoms with van der Waals surface area (Å²) in [7, 11) is -1.54. The molecule has 0 spiro atoms. The van der Waals surface area contributed by atoms with Crippen molar-refractivity contribution in [3.05, 3.63) is 150 Å². The molecular formula is C46H45FIrN2OSi-2. The van der Waals surface area contributed by atoms with Crippen LogP contribution in [0.15, 0.2) is 120 Å². The first kappa shape index (κ1) is 37.5. The monoisotopic (exact) mass is 881 g/mol. The Kier molecular flexibility index (Phi) is 12.0. The summed E-state index contributed by atoms with van der Waals surface area (Å²) in [5.74, 6) is 0.829. The topological polar surface area (TPSA) is 38.9 Å². The molecule has 1 aliphatic rings. The number of fused-ring (bicyclic) bond motifs is 3. The Morgan fingerprint density at radius 3 is 2.35 bits per heavy atom. The number of para-hydroxylation sites is 1. The summed E-state index contributed by atoms with van der Waals surface area (Å²) in [6, 6.07) is 40.3. The number of pyridine rings is 2. The summed E-state index contributed by atoms with van der Waals surface area (Å²) in [4.78, 5) is 9.29. The Morgan fingerprint density at radius 1 is 0.827 bits per heavy atom. The number of rotatable bonds is 7. The predicted molar refractivity (Wildman–Crippen MR) is 211 cm³/mol. The van der Waals surface area contributed by atoms with Crippen LogP contribution in [0.1, 0.15) is 61.6 Å². The van der Waals surface area contributed by atoms with E-state index in [2.05, 4.69) is 109 Å². The van der Waals surface area contributed by atoms with Crippen molar-refractivity contribution in [1.29, 1.82) is 0 Å². The molecule has 4 aromatic carbocycles. The van der Waals surface area contributed by atoms with Gasteiger partial charge in [0, 0.05) is 49.6 Å². The molecule has 3 nitrogen and oxygen atoms in total. The van der Waals surface area contributed by atoms with Gasteiger partial charge in [0.2, 0.25) is 0 Å². The predicted octanol–water partition coefficient (Wildman–Crippen LogP) is 12.0. The second-order valence-electron chi connectivity index (χ2n) is 14.9. The second kappa shape index (κ2) is 16.6. The van der Waals surface area contributed by atoms with Crippen LogP contribution < -0.4 is 5.19 Å². The van der Waals surface area contributed by atoms with Gasteiger partial charge in [-0.2, -0.15) is 0 Å². The maximum atomic E-state index is 13.2. The van der Waals surface area contributed by atoms with Crippen molar-refractivity contribution in [2.75, 3.05) is 0 Å². The van der Waals surface area contributed by atoms with Gasteiger partial charge in [0.15, 0.2) is 0 Å². The molecule has 0 aliphatic heterocycles. The van der Waals surface area contributed by atoms with E-state index >= 15 is 0 Å². The van der Waals surface area contributed by atoms with Gasteiger partial charge in [-0.15, -0.1) is 48.0 Å². The van der Waals surface area contributed by atoms with Gasteiger partial charge in [0.05, 0.1) is 13.7 Å². The van der Waals surface area contributed by atoms with E-state index in [4.69, 9.17) is 4.42 Å². The Bertz CT molecular complexity index is 2240. The van der Waals surface area contributed by atoms with E-state index in [9.17, 15) is 4.39 Å². The molecule has 1 fully saturated rings. The fourth-order valence-electron chi connectivity index (χ4n) is 7.43. The van der Waals surface area contributed by atoms with Crippen LogP contribution in [0.5, 0.6) is 0 Å². The third-order valence-corrected chi connectivity index (χ3v) is 12.3.